The van der Waals surface area contributed by atoms with Crippen molar-refractivity contribution < 1.29 is 4.39 Å². The molecule has 1 fully saturated rings. The van der Waals surface area contributed by atoms with E-state index in [0.29, 0.717) is 6.54 Å². The first-order valence-electron chi connectivity index (χ1n) is 9.72. The molecule has 0 amide bonds. The van der Waals surface area contributed by atoms with Gasteiger partial charge in [-0.15, -0.1) is 0 Å². The van der Waals surface area contributed by atoms with Gasteiger partial charge in [0.25, 0.3) is 0 Å². The van der Waals surface area contributed by atoms with Gasteiger partial charge in [-0.3, -0.25) is 4.68 Å². The largest absolute Gasteiger partial charge is 0.357 e. The van der Waals surface area contributed by atoms with Gasteiger partial charge >= 0.3 is 0 Å². The van der Waals surface area contributed by atoms with Crippen molar-refractivity contribution in [3.63, 3.8) is 0 Å². The van der Waals surface area contributed by atoms with Crippen LogP contribution < -0.4 is 10.6 Å². The van der Waals surface area contributed by atoms with Crippen LogP contribution >= 0.6 is 0 Å². The predicted molar refractivity (Wildman–Crippen MR) is 107 cm³/mol. The summed E-state index contributed by atoms with van der Waals surface area (Å²) in [7, 11) is 1.96. The fraction of sp³-hybridized carbons (Fsp3) is 0.524. The van der Waals surface area contributed by atoms with Crippen LogP contribution in [-0.2, 0) is 19.0 Å². The summed E-state index contributed by atoms with van der Waals surface area (Å²) < 4.78 is 15.2. The molecule has 0 bridgehead atoms. The second-order valence-electron chi connectivity index (χ2n) is 7.46. The second kappa shape index (κ2) is 8.11. The molecule has 1 aliphatic rings. The number of aliphatic imine (C=N–C) groups is 1. The number of rotatable bonds is 6. The Kier molecular flexibility index (Phi) is 5.82. The SMILES string of the molecule is CCNC(=NCc1c(C)nn(C)c1C)NCC1(c2ccc(F)cc2)CCC1. The van der Waals surface area contributed by atoms with Gasteiger partial charge in [0, 0.05) is 36.8 Å². The first kappa shape index (κ1) is 19.4. The third-order valence-electron chi connectivity index (χ3n) is 5.76. The van der Waals surface area contributed by atoms with Gasteiger partial charge in [0.05, 0.1) is 12.2 Å². The van der Waals surface area contributed by atoms with Crippen LogP contribution in [0.1, 0.15) is 48.7 Å². The number of halogens is 1. The molecule has 146 valence electrons. The molecule has 27 heavy (non-hydrogen) atoms. The van der Waals surface area contributed by atoms with Crippen molar-refractivity contribution in [3.05, 3.63) is 52.6 Å². The molecule has 1 aromatic heterocycles. The lowest BCUT2D eigenvalue weighted by Crippen LogP contribution is -2.48. The van der Waals surface area contributed by atoms with Crippen molar-refractivity contribution in [2.45, 2.75) is 52.0 Å². The molecule has 1 aliphatic carbocycles. The third kappa shape index (κ3) is 4.15. The highest BCUT2D eigenvalue weighted by Gasteiger charge is 2.38. The van der Waals surface area contributed by atoms with E-state index in [1.54, 1.807) is 12.1 Å². The van der Waals surface area contributed by atoms with Gasteiger partial charge in [0.1, 0.15) is 5.82 Å². The number of aryl methyl sites for hydroxylation is 2. The molecule has 0 aliphatic heterocycles. The maximum atomic E-state index is 13.3. The van der Waals surface area contributed by atoms with Crippen LogP contribution in [0.25, 0.3) is 0 Å². The van der Waals surface area contributed by atoms with Crippen LogP contribution in [0, 0.1) is 19.7 Å². The van der Waals surface area contributed by atoms with Gasteiger partial charge in [0.2, 0.25) is 0 Å². The van der Waals surface area contributed by atoms with E-state index in [-0.39, 0.29) is 11.2 Å². The van der Waals surface area contributed by atoms with Crippen LogP contribution in [-0.4, -0.2) is 28.8 Å². The number of hydrogen-bond donors (Lipinski definition) is 2. The molecule has 1 aromatic carbocycles. The zero-order chi connectivity index (χ0) is 19.4. The quantitative estimate of drug-likeness (QED) is 0.605. The zero-order valence-corrected chi connectivity index (χ0v) is 16.8. The molecule has 2 N–H and O–H groups in total. The Bertz CT molecular complexity index is 803. The van der Waals surface area contributed by atoms with Crippen molar-refractivity contribution in [2.24, 2.45) is 12.0 Å². The standard InChI is InChI=1S/C21H30FN5/c1-5-23-20(24-13-19-15(2)26-27(4)16(19)3)25-14-21(11-6-12-21)17-7-9-18(22)10-8-17/h7-10H,5-6,11-14H2,1-4H3,(H2,23,24,25). The van der Waals surface area contributed by atoms with Gasteiger partial charge in [0.15, 0.2) is 5.96 Å². The minimum absolute atomic E-state index is 0.0734. The molecule has 1 saturated carbocycles. The number of aromatic nitrogens is 2. The van der Waals surface area contributed by atoms with Crippen LogP contribution in [0.4, 0.5) is 4.39 Å². The Balaban J connectivity index is 1.71. The van der Waals surface area contributed by atoms with E-state index in [0.717, 1.165) is 43.3 Å². The van der Waals surface area contributed by atoms with Gasteiger partial charge < -0.3 is 10.6 Å². The van der Waals surface area contributed by atoms with Gasteiger partial charge in [-0.05, 0) is 51.3 Å². The monoisotopic (exact) mass is 371 g/mol. The summed E-state index contributed by atoms with van der Waals surface area (Å²) in [6, 6.07) is 6.95. The fourth-order valence-corrected chi connectivity index (χ4v) is 3.77. The molecule has 1 heterocycles. The smallest absolute Gasteiger partial charge is 0.191 e. The lowest BCUT2D eigenvalue weighted by Gasteiger charge is -2.43. The Morgan fingerprint density at radius 3 is 2.44 bits per heavy atom. The van der Waals surface area contributed by atoms with Crippen LogP contribution in [0.5, 0.6) is 0 Å². The lowest BCUT2D eigenvalue weighted by atomic mass is 9.64. The van der Waals surface area contributed by atoms with E-state index < -0.39 is 0 Å². The normalized spacial score (nSPS) is 16.1. The van der Waals surface area contributed by atoms with E-state index in [9.17, 15) is 4.39 Å². The molecular formula is C21H30FN5. The maximum absolute atomic E-state index is 13.3. The summed E-state index contributed by atoms with van der Waals surface area (Å²) in [5.74, 6) is 0.631. The van der Waals surface area contributed by atoms with Crippen molar-refractivity contribution >= 4 is 5.96 Å². The van der Waals surface area contributed by atoms with Crippen molar-refractivity contribution in [1.82, 2.24) is 20.4 Å². The third-order valence-corrected chi connectivity index (χ3v) is 5.76. The number of benzene rings is 1. The van der Waals surface area contributed by atoms with E-state index in [1.165, 1.54) is 17.5 Å². The minimum atomic E-state index is -0.182. The molecule has 6 heteroatoms. The van der Waals surface area contributed by atoms with E-state index >= 15 is 0 Å². The summed E-state index contributed by atoms with van der Waals surface area (Å²) in [5.41, 5.74) is 4.62. The molecular weight excluding hydrogens is 341 g/mol. The maximum Gasteiger partial charge on any atom is 0.191 e. The average Bonchev–Trinajstić information content (AvgIpc) is 2.85. The average molecular weight is 372 g/mol. The Morgan fingerprint density at radius 1 is 1.22 bits per heavy atom. The summed E-state index contributed by atoms with van der Waals surface area (Å²) in [5, 5.41) is 11.3. The predicted octanol–water partition coefficient (Wildman–Crippen LogP) is 3.35. The second-order valence-corrected chi connectivity index (χ2v) is 7.46. The van der Waals surface area contributed by atoms with E-state index in [2.05, 4.69) is 29.6 Å². The Morgan fingerprint density at radius 2 is 1.93 bits per heavy atom. The number of nitrogens with one attached hydrogen (secondary N) is 2. The first-order chi connectivity index (χ1) is 12.9. The number of guanidine groups is 1. The molecule has 3 rings (SSSR count). The van der Waals surface area contributed by atoms with E-state index in [4.69, 9.17) is 4.99 Å². The van der Waals surface area contributed by atoms with Gasteiger partial charge in [-0.1, -0.05) is 18.6 Å². The first-order valence-corrected chi connectivity index (χ1v) is 9.72. The molecule has 0 radical (unpaired) electrons. The zero-order valence-electron chi connectivity index (χ0n) is 16.8. The summed E-state index contributed by atoms with van der Waals surface area (Å²) >= 11 is 0. The van der Waals surface area contributed by atoms with Gasteiger partial charge in [-0.25, -0.2) is 9.38 Å². The molecule has 5 nitrogen and oxygen atoms in total. The molecule has 0 unspecified atom stereocenters. The minimum Gasteiger partial charge on any atom is -0.357 e. The number of nitrogens with zero attached hydrogens (tertiary/aromatic N) is 3. The topological polar surface area (TPSA) is 54.2 Å². The highest BCUT2D eigenvalue weighted by molar-refractivity contribution is 5.80. The van der Waals surface area contributed by atoms with Crippen LogP contribution in [0.15, 0.2) is 29.3 Å². The fourth-order valence-electron chi connectivity index (χ4n) is 3.77. The molecule has 2 aromatic rings. The summed E-state index contributed by atoms with van der Waals surface area (Å²) in [6.07, 6.45) is 3.44. The molecule has 0 spiro atoms. The molecule has 0 atom stereocenters. The Labute approximate surface area is 161 Å². The van der Waals surface area contributed by atoms with Crippen molar-refractivity contribution in [2.75, 3.05) is 13.1 Å². The lowest BCUT2D eigenvalue weighted by molar-refractivity contribution is 0.243. The van der Waals surface area contributed by atoms with Crippen LogP contribution in [0.3, 0.4) is 0 Å². The van der Waals surface area contributed by atoms with Crippen molar-refractivity contribution in [1.29, 1.82) is 0 Å². The number of hydrogen-bond acceptors (Lipinski definition) is 2. The summed E-state index contributed by atoms with van der Waals surface area (Å²) in [6.45, 7) is 8.37. The Hall–Kier alpha value is -2.37. The van der Waals surface area contributed by atoms with Crippen molar-refractivity contribution in [3.8, 4) is 0 Å². The van der Waals surface area contributed by atoms with E-state index in [1.807, 2.05) is 30.8 Å². The highest BCUT2D eigenvalue weighted by Crippen LogP contribution is 2.43. The van der Waals surface area contributed by atoms with Gasteiger partial charge in [-0.2, -0.15) is 5.10 Å². The highest BCUT2D eigenvalue weighted by atomic mass is 19.1. The summed E-state index contributed by atoms with van der Waals surface area (Å²) in [4.78, 5) is 4.77. The van der Waals surface area contributed by atoms with Crippen LogP contribution in [0.2, 0.25) is 0 Å². The molecule has 0 saturated heterocycles.